The first-order valence-electron chi connectivity index (χ1n) is 3.79. The van der Waals surface area contributed by atoms with Crippen LogP contribution in [0.1, 0.15) is 17.3 Å². The third kappa shape index (κ3) is 2.21. The van der Waals surface area contributed by atoms with E-state index in [2.05, 4.69) is 15.9 Å². The van der Waals surface area contributed by atoms with Crippen molar-refractivity contribution in [1.82, 2.24) is 0 Å². The Morgan fingerprint density at radius 2 is 2.31 bits per heavy atom. The molecule has 1 rings (SSSR count). The fraction of sp³-hybridized carbons (Fsp3) is 0.222. The van der Waals surface area contributed by atoms with Crippen molar-refractivity contribution in [2.45, 2.75) is 6.92 Å². The van der Waals surface area contributed by atoms with E-state index in [4.69, 9.17) is 4.74 Å². The number of halogens is 1. The lowest BCUT2D eigenvalue weighted by Crippen LogP contribution is -1.93. The average Bonchev–Trinajstić information content (AvgIpc) is 2.11. The van der Waals surface area contributed by atoms with Crippen LogP contribution in [0.2, 0.25) is 0 Å². The molecule has 0 radical (unpaired) electrons. The fourth-order valence-electron chi connectivity index (χ4n) is 0.921. The molecule has 0 bridgehead atoms. The van der Waals surface area contributed by atoms with Gasteiger partial charge in [0, 0.05) is 10.0 Å². The van der Waals surface area contributed by atoms with Crippen LogP contribution < -0.4 is 4.74 Å². The van der Waals surface area contributed by atoms with Crippen molar-refractivity contribution >= 4 is 22.2 Å². The maximum atomic E-state index is 10.5. The van der Waals surface area contributed by atoms with Crippen molar-refractivity contribution in [3.05, 3.63) is 22.2 Å². The summed E-state index contributed by atoms with van der Waals surface area (Å²) < 4.78 is 5.74. The molecule has 0 heterocycles. The van der Waals surface area contributed by atoms with Crippen molar-refractivity contribution in [3.63, 3.8) is 0 Å². The van der Waals surface area contributed by atoms with Gasteiger partial charge in [0.2, 0.25) is 0 Å². The maximum Gasteiger partial charge on any atom is 0.162 e. The monoisotopic (exact) mass is 244 g/mol. The molecular weight excluding hydrogens is 236 g/mol. The molecule has 0 fully saturated rings. The van der Waals surface area contributed by atoms with Crippen molar-refractivity contribution in [3.8, 4) is 11.5 Å². The van der Waals surface area contributed by atoms with E-state index in [1.165, 1.54) is 6.07 Å². The molecule has 1 N–H and O–H groups in total. The van der Waals surface area contributed by atoms with E-state index >= 15 is 0 Å². The molecule has 0 aliphatic rings. The lowest BCUT2D eigenvalue weighted by Gasteiger charge is -2.06. The highest BCUT2D eigenvalue weighted by Gasteiger charge is 2.07. The van der Waals surface area contributed by atoms with Gasteiger partial charge in [-0.2, -0.15) is 0 Å². The molecule has 0 spiro atoms. The summed E-state index contributed by atoms with van der Waals surface area (Å²) in [6.07, 6.45) is 0.666. The lowest BCUT2D eigenvalue weighted by molar-refractivity contribution is 0.112. The summed E-state index contributed by atoms with van der Waals surface area (Å²) in [5, 5.41) is 9.37. The molecular formula is C9H9BrO3. The van der Waals surface area contributed by atoms with Gasteiger partial charge < -0.3 is 9.84 Å². The number of aromatic hydroxyl groups is 1. The quantitative estimate of drug-likeness (QED) is 0.831. The second-order valence-corrected chi connectivity index (χ2v) is 3.25. The second kappa shape index (κ2) is 4.28. The summed E-state index contributed by atoms with van der Waals surface area (Å²) in [7, 11) is 0. The molecule has 4 heteroatoms. The van der Waals surface area contributed by atoms with Crippen molar-refractivity contribution in [1.29, 1.82) is 0 Å². The molecule has 0 saturated carbocycles. The van der Waals surface area contributed by atoms with Gasteiger partial charge in [-0.25, -0.2) is 0 Å². The Kier molecular flexibility index (Phi) is 3.31. The number of benzene rings is 1. The van der Waals surface area contributed by atoms with Gasteiger partial charge in [-0.3, -0.25) is 4.79 Å². The smallest absolute Gasteiger partial charge is 0.162 e. The first-order valence-corrected chi connectivity index (χ1v) is 4.58. The SMILES string of the molecule is CCOc1cc(Br)c(C=O)cc1O. The average molecular weight is 245 g/mol. The Hall–Kier alpha value is -1.03. The van der Waals surface area contributed by atoms with Gasteiger partial charge >= 0.3 is 0 Å². The molecule has 0 saturated heterocycles. The third-order valence-corrected chi connectivity index (χ3v) is 2.19. The molecule has 1 aromatic rings. The predicted octanol–water partition coefficient (Wildman–Crippen LogP) is 2.37. The molecule has 0 aliphatic carbocycles. The highest BCUT2D eigenvalue weighted by Crippen LogP contribution is 2.31. The number of phenols is 1. The van der Waals surface area contributed by atoms with E-state index in [0.717, 1.165) is 0 Å². The van der Waals surface area contributed by atoms with Gasteiger partial charge in [0.05, 0.1) is 6.61 Å². The summed E-state index contributed by atoms with van der Waals surface area (Å²) in [4.78, 5) is 10.5. The topological polar surface area (TPSA) is 46.5 Å². The summed E-state index contributed by atoms with van der Waals surface area (Å²) in [6, 6.07) is 2.94. The molecule has 0 aromatic heterocycles. The normalized spacial score (nSPS) is 9.69. The molecule has 0 unspecified atom stereocenters. The number of rotatable bonds is 3. The van der Waals surface area contributed by atoms with Gasteiger partial charge in [-0.05, 0) is 35.0 Å². The number of carbonyl (C=O) groups is 1. The van der Waals surface area contributed by atoms with Crippen LogP contribution in [-0.4, -0.2) is 18.0 Å². The van der Waals surface area contributed by atoms with Crippen molar-refractivity contribution < 1.29 is 14.6 Å². The Labute approximate surface area is 84.5 Å². The number of phenolic OH excluding ortho intramolecular Hbond substituents is 1. The zero-order valence-corrected chi connectivity index (χ0v) is 8.67. The number of aldehydes is 1. The van der Waals surface area contributed by atoms with Crippen LogP contribution in [0.15, 0.2) is 16.6 Å². The second-order valence-electron chi connectivity index (χ2n) is 2.39. The van der Waals surface area contributed by atoms with Crippen molar-refractivity contribution in [2.24, 2.45) is 0 Å². The summed E-state index contributed by atoms with van der Waals surface area (Å²) in [5.74, 6) is 0.354. The first kappa shape index (κ1) is 10.1. The van der Waals surface area contributed by atoms with Crippen LogP contribution >= 0.6 is 15.9 Å². The largest absolute Gasteiger partial charge is 0.504 e. The van der Waals surface area contributed by atoms with Gasteiger partial charge in [0.15, 0.2) is 17.8 Å². The Balaban J connectivity index is 3.12. The third-order valence-electron chi connectivity index (χ3n) is 1.51. The predicted molar refractivity (Wildman–Crippen MR) is 52.4 cm³/mol. The highest BCUT2D eigenvalue weighted by atomic mass is 79.9. The van der Waals surface area contributed by atoms with Gasteiger partial charge in [-0.1, -0.05) is 0 Å². The minimum atomic E-state index is -0.0212. The van der Waals surface area contributed by atoms with E-state index in [9.17, 15) is 9.90 Å². The van der Waals surface area contributed by atoms with E-state index in [1.807, 2.05) is 6.92 Å². The van der Waals surface area contributed by atoms with Crippen LogP contribution in [0, 0.1) is 0 Å². The molecule has 3 nitrogen and oxygen atoms in total. The number of carbonyl (C=O) groups excluding carboxylic acids is 1. The van der Waals surface area contributed by atoms with Gasteiger partial charge in [0.1, 0.15) is 0 Å². The Morgan fingerprint density at radius 1 is 1.62 bits per heavy atom. The molecule has 0 aliphatic heterocycles. The molecule has 70 valence electrons. The zero-order chi connectivity index (χ0) is 9.84. The number of ether oxygens (including phenoxy) is 1. The molecule has 1 aromatic carbocycles. The minimum Gasteiger partial charge on any atom is -0.504 e. The molecule has 0 amide bonds. The molecule has 0 atom stereocenters. The Morgan fingerprint density at radius 3 is 2.85 bits per heavy atom. The van der Waals surface area contributed by atoms with Crippen LogP contribution in [-0.2, 0) is 0 Å². The lowest BCUT2D eigenvalue weighted by atomic mass is 10.2. The van der Waals surface area contributed by atoms with Crippen LogP contribution in [0.5, 0.6) is 11.5 Å². The van der Waals surface area contributed by atoms with E-state index in [0.29, 0.717) is 28.7 Å². The van der Waals surface area contributed by atoms with E-state index < -0.39 is 0 Å². The number of hydrogen-bond acceptors (Lipinski definition) is 3. The highest BCUT2D eigenvalue weighted by molar-refractivity contribution is 9.10. The maximum absolute atomic E-state index is 10.5. The number of hydrogen-bond donors (Lipinski definition) is 1. The summed E-state index contributed by atoms with van der Waals surface area (Å²) in [5.41, 5.74) is 0.404. The minimum absolute atomic E-state index is 0.0212. The Bertz CT molecular complexity index is 323. The van der Waals surface area contributed by atoms with Crippen LogP contribution in [0.25, 0.3) is 0 Å². The summed E-state index contributed by atoms with van der Waals surface area (Å²) in [6.45, 7) is 2.29. The van der Waals surface area contributed by atoms with E-state index in [1.54, 1.807) is 6.07 Å². The molecule has 13 heavy (non-hydrogen) atoms. The van der Waals surface area contributed by atoms with Gasteiger partial charge in [-0.15, -0.1) is 0 Å². The fourth-order valence-corrected chi connectivity index (χ4v) is 1.34. The standard InChI is InChI=1S/C9H9BrO3/c1-2-13-9-4-7(10)6(5-11)3-8(9)12/h3-5,12H,2H2,1H3. The summed E-state index contributed by atoms with van der Waals surface area (Å²) >= 11 is 3.19. The van der Waals surface area contributed by atoms with Crippen molar-refractivity contribution in [2.75, 3.05) is 6.61 Å². The van der Waals surface area contributed by atoms with Gasteiger partial charge in [0.25, 0.3) is 0 Å². The zero-order valence-electron chi connectivity index (χ0n) is 7.08. The van der Waals surface area contributed by atoms with Crippen LogP contribution in [0.3, 0.4) is 0 Å². The van der Waals surface area contributed by atoms with Crippen LogP contribution in [0.4, 0.5) is 0 Å². The van der Waals surface area contributed by atoms with E-state index in [-0.39, 0.29) is 5.75 Å². The first-order chi connectivity index (χ1) is 6.19.